The fourth-order valence-electron chi connectivity index (χ4n) is 2.02. The molecule has 106 valence electrons. The van der Waals surface area contributed by atoms with Gasteiger partial charge in [0.1, 0.15) is 23.3 Å². The molecule has 4 N–H and O–H groups in total. The van der Waals surface area contributed by atoms with Crippen LogP contribution in [0.5, 0.6) is 0 Å². The monoisotopic (exact) mass is 275 g/mol. The van der Waals surface area contributed by atoms with E-state index in [1.807, 2.05) is 19.9 Å². The van der Waals surface area contributed by atoms with Gasteiger partial charge in [-0.15, -0.1) is 0 Å². The van der Waals surface area contributed by atoms with Crippen LogP contribution >= 0.6 is 0 Å². The summed E-state index contributed by atoms with van der Waals surface area (Å²) in [5.74, 6) is 6.97. The van der Waals surface area contributed by atoms with Gasteiger partial charge in [-0.2, -0.15) is 0 Å². The lowest BCUT2D eigenvalue weighted by Crippen LogP contribution is -2.16. The fraction of sp³-hybridized carbons (Fsp3) is 0.286. The molecule has 1 aromatic carbocycles. The minimum atomic E-state index is -0.242. The number of aryl methyl sites for hydroxylation is 1. The average Bonchev–Trinajstić information content (AvgIpc) is 2.42. The first-order chi connectivity index (χ1) is 9.52. The third kappa shape index (κ3) is 2.85. The Kier molecular flexibility index (Phi) is 4.14. The molecule has 0 saturated carbocycles. The number of anilines is 2. The molecule has 0 amide bonds. The largest absolute Gasteiger partial charge is 0.363 e. The van der Waals surface area contributed by atoms with Crippen molar-refractivity contribution in [3.63, 3.8) is 0 Å². The number of hydrogen-bond donors (Lipinski definition) is 3. The predicted molar refractivity (Wildman–Crippen MR) is 77.8 cm³/mol. The molecule has 1 heterocycles. The number of nitrogens with zero attached hydrogens (tertiary/aromatic N) is 2. The van der Waals surface area contributed by atoms with Gasteiger partial charge in [-0.1, -0.05) is 18.2 Å². The second-order valence-electron chi connectivity index (χ2n) is 4.62. The lowest BCUT2D eigenvalue weighted by atomic mass is 10.1. The number of nitrogens with two attached hydrogens (primary N) is 1. The number of nitrogens with one attached hydrogen (secondary N) is 2. The van der Waals surface area contributed by atoms with Crippen LogP contribution in [-0.4, -0.2) is 9.97 Å². The van der Waals surface area contributed by atoms with E-state index in [4.69, 9.17) is 5.84 Å². The summed E-state index contributed by atoms with van der Waals surface area (Å²) in [4.78, 5) is 8.52. The van der Waals surface area contributed by atoms with Gasteiger partial charge in [0.25, 0.3) is 0 Å². The van der Waals surface area contributed by atoms with E-state index in [1.54, 1.807) is 19.1 Å². The fourth-order valence-corrected chi connectivity index (χ4v) is 2.02. The normalized spacial score (nSPS) is 12.1. The van der Waals surface area contributed by atoms with E-state index in [-0.39, 0.29) is 11.9 Å². The van der Waals surface area contributed by atoms with E-state index in [2.05, 4.69) is 20.7 Å². The highest BCUT2D eigenvalue weighted by molar-refractivity contribution is 5.57. The molecule has 0 aliphatic rings. The van der Waals surface area contributed by atoms with Crippen LogP contribution in [-0.2, 0) is 0 Å². The zero-order valence-corrected chi connectivity index (χ0v) is 11.7. The second-order valence-corrected chi connectivity index (χ2v) is 4.62. The molecule has 0 saturated heterocycles. The third-order valence-electron chi connectivity index (χ3n) is 3.12. The number of benzene rings is 1. The first kappa shape index (κ1) is 14.2. The van der Waals surface area contributed by atoms with Gasteiger partial charge in [0.05, 0.1) is 6.04 Å². The third-order valence-corrected chi connectivity index (χ3v) is 3.12. The summed E-state index contributed by atoms with van der Waals surface area (Å²) in [6.07, 6.45) is 0. The van der Waals surface area contributed by atoms with Gasteiger partial charge < -0.3 is 10.7 Å². The number of rotatable bonds is 4. The molecular formula is C14H18FN5. The van der Waals surface area contributed by atoms with E-state index in [1.165, 1.54) is 6.07 Å². The molecule has 1 aromatic heterocycles. The van der Waals surface area contributed by atoms with Crippen molar-refractivity contribution in [2.75, 3.05) is 10.7 Å². The Bertz CT molecular complexity index is 615. The topological polar surface area (TPSA) is 75.9 Å². The molecule has 0 bridgehead atoms. The molecule has 20 heavy (non-hydrogen) atoms. The van der Waals surface area contributed by atoms with Crippen LogP contribution in [0.2, 0.25) is 0 Å². The van der Waals surface area contributed by atoms with Crippen molar-refractivity contribution in [1.29, 1.82) is 0 Å². The zero-order valence-electron chi connectivity index (χ0n) is 11.7. The molecule has 6 heteroatoms. The number of aromatic nitrogens is 2. The van der Waals surface area contributed by atoms with E-state index in [9.17, 15) is 4.39 Å². The summed E-state index contributed by atoms with van der Waals surface area (Å²) in [5.41, 5.74) is 3.92. The Balaban J connectivity index is 2.30. The van der Waals surface area contributed by atoms with Gasteiger partial charge >= 0.3 is 0 Å². The summed E-state index contributed by atoms with van der Waals surface area (Å²) in [6.45, 7) is 5.51. The quantitative estimate of drug-likeness (QED) is 0.591. The van der Waals surface area contributed by atoms with E-state index in [0.717, 1.165) is 5.56 Å². The first-order valence-electron chi connectivity index (χ1n) is 6.35. The Morgan fingerprint density at radius 2 is 1.80 bits per heavy atom. The Morgan fingerprint density at radius 1 is 1.15 bits per heavy atom. The second kappa shape index (κ2) is 5.83. The molecule has 2 aromatic rings. The highest BCUT2D eigenvalue weighted by atomic mass is 19.1. The van der Waals surface area contributed by atoms with Crippen LogP contribution in [0.1, 0.15) is 29.9 Å². The molecule has 0 fully saturated rings. The molecule has 0 radical (unpaired) electrons. The minimum absolute atomic E-state index is 0.213. The van der Waals surface area contributed by atoms with Crippen LogP contribution in [0, 0.1) is 19.7 Å². The Labute approximate surface area is 117 Å². The zero-order chi connectivity index (χ0) is 14.7. The van der Waals surface area contributed by atoms with Crippen molar-refractivity contribution in [2.45, 2.75) is 26.8 Å². The van der Waals surface area contributed by atoms with Crippen LogP contribution < -0.4 is 16.6 Å². The van der Waals surface area contributed by atoms with E-state index in [0.29, 0.717) is 23.0 Å². The maximum absolute atomic E-state index is 13.8. The molecule has 5 nitrogen and oxygen atoms in total. The van der Waals surface area contributed by atoms with Crippen LogP contribution in [0.25, 0.3) is 0 Å². The van der Waals surface area contributed by atoms with Gasteiger partial charge in [-0.3, -0.25) is 0 Å². The van der Waals surface area contributed by atoms with Gasteiger partial charge in [0.2, 0.25) is 0 Å². The van der Waals surface area contributed by atoms with Crippen LogP contribution in [0.3, 0.4) is 0 Å². The first-order valence-corrected chi connectivity index (χ1v) is 6.35. The van der Waals surface area contributed by atoms with Crippen LogP contribution in [0.4, 0.5) is 16.0 Å². The molecule has 0 spiro atoms. The maximum atomic E-state index is 13.8. The summed E-state index contributed by atoms with van der Waals surface area (Å²) in [7, 11) is 0. The van der Waals surface area contributed by atoms with Crippen molar-refractivity contribution < 1.29 is 4.39 Å². The highest BCUT2D eigenvalue weighted by Crippen LogP contribution is 2.25. The number of hydrogen-bond acceptors (Lipinski definition) is 5. The molecule has 0 aliphatic heterocycles. The maximum Gasteiger partial charge on any atom is 0.148 e. The highest BCUT2D eigenvalue weighted by Gasteiger charge is 2.14. The van der Waals surface area contributed by atoms with Crippen molar-refractivity contribution in [3.05, 3.63) is 47.0 Å². The smallest absolute Gasteiger partial charge is 0.148 e. The van der Waals surface area contributed by atoms with E-state index < -0.39 is 0 Å². The number of nitrogen functional groups attached to an aromatic ring is 1. The molecule has 2 rings (SSSR count). The van der Waals surface area contributed by atoms with E-state index >= 15 is 0 Å². The van der Waals surface area contributed by atoms with Crippen LogP contribution in [0.15, 0.2) is 24.3 Å². The van der Waals surface area contributed by atoms with Crippen molar-refractivity contribution in [2.24, 2.45) is 5.84 Å². The Morgan fingerprint density at radius 3 is 2.45 bits per heavy atom. The Hall–Kier alpha value is -2.21. The summed E-state index contributed by atoms with van der Waals surface area (Å²) < 4.78 is 13.8. The average molecular weight is 275 g/mol. The molecule has 1 atom stereocenters. The lowest BCUT2D eigenvalue weighted by Gasteiger charge is -2.18. The predicted octanol–water partition coefficient (Wildman–Crippen LogP) is 2.69. The molecule has 1 unspecified atom stereocenters. The van der Waals surface area contributed by atoms with Crippen molar-refractivity contribution in [3.8, 4) is 0 Å². The number of halogens is 1. The molecular weight excluding hydrogens is 257 g/mol. The molecule has 0 aliphatic carbocycles. The standard InChI is InChI=1S/C14H18FN5/c1-8-13(18-10(3)19-14(8)20-16)17-9(2)11-6-4-5-7-12(11)15/h4-7,9H,16H2,1-3H3,(H2,17,18,19,20). The minimum Gasteiger partial charge on any atom is -0.363 e. The summed E-state index contributed by atoms with van der Waals surface area (Å²) in [6, 6.07) is 6.45. The van der Waals surface area contributed by atoms with Gasteiger partial charge in [0.15, 0.2) is 0 Å². The SMILES string of the molecule is Cc1nc(NN)c(C)c(NC(C)c2ccccc2F)n1. The van der Waals surface area contributed by atoms with Gasteiger partial charge in [-0.05, 0) is 26.8 Å². The van der Waals surface area contributed by atoms with Gasteiger partial charge in [0, 0.05) is 11.1 Å². The van der Waals surface area contributed by atoms with Crippen molar-refractivity contribution in [1.82, 2.24) is 9.97 Å². The van der Waals surface area contributed by atoms with Crippen molar-refractivity contribution >= 4 is 11.6 Å². The lowest BCUT2D eigenvalue weighted by molar-refractivity contribution is 0.600. The summed E-state index contributed by atoms with van der Waals surface area (Å²) >= 11 is 0. The number of hydrazine groups is 1. The summed E-state index contributed by atoms with van der Waals surface area (Å²) in [5, 5.41) is 3.20. The van der Waals surface area contributed by atoms with Gasteiger partial charge in [-0.25, -0.2) is 20.2 Å².